The molecule has 3 atom stereocenters. The first-order chi connectivity index (χ1) is 21.3. The molecule has 0 unspecified atom stereocenters. The van der Waals surface area contributed by atoms with Crippen molar-refractivity contribution in [1.82, 2.24) is 4.57 Å². The van der Waals surface area contributed by atoms with Crippen molar-refractivity contribution in [2.75, 3.05) is 10.2 Å². The van der Waals surface area contributed by atoms with Gasteiger partial charge in [-0.25, -0.2) is 18.5 Å². The van der Waals surface area contributed by atoms with Gasteiger partial charge in [0.2, 0.25) is 27.7 Å². The van der Waals surface area contributed by atoms with Gasteiger partial charge in [0.15, 0.2) is 0 Å². The van der Waals surface area contributed by atoms with Crippen molar-refractivity contribution in [1.29, 1.82) is 0 Å². The number of rotatable bonds is 7. The molecule has 4 aromatic rings. The second-order valence-corrected chi connectivity index (χ2v) is 14.2. The molecule has 13 nitrogen and oxygen atoms in total. The molecule has 3 amide bonds. The van der Waals surface area contributed by atoms with Gasteiger partial charge in [0.25, 0.3) is 5.69 Å². The number of hydrogen-bond donors (Lipinski definition) is 2. The number of benzene rings is 3. The highest BCUT2D eigenvalue weighted by molar-refractivity contribution is 8.00. The van der Waals surface area contributed by atoms with Gasteiger partial charge in [-0.05, 0) is 54.1 Å². The highest BCUT2D eigenvalue weighted by Crippen LogP contribution is 2.54. The fourth-order valence-corrected chi connectivity index (χ4v) is 8.75. The maximum absolute atomic E-state index is 13.9. The topological polar surface area (TPSA) is 192 Å². The van der Waals surface area contributed by atoms with Gasteiger partial charge in [0.1, 0.15) is 11.8 Å². The molecule has 0 aliphatic carbocycles. The Morgan fingerprint density at radius 1 is 0.978 bits per heavy atom. The lowest BCUT2D eigenvalue weighted by Crippen LogP contribution is -2.33. The van der Waals surface area contributed by atoms with Crippen molar-refractivity contribution >= 4 is 79.5 Å². The fraction of sp³-hybridized carbons (Fsp3) is 0.143. The van der Waals surface area contributed by atoms with E-state index in [9.17, 15) is 37.7 Å². The first-order valence-corrected chi connectivity index (χ1v) is 16.7. The number of thiazole rings is 1. The van der Waals surface area contributed by atoms with E-state index in [4.69, 9.17) is 16.7 Å². The van der Waals surface area contributed by atoms with Gasteiger partial charge in [0.05, 0.1) is 26.5 Å². The van der Waals surface area contributed by atoms with Crippen molar-refractivity contribution in [3.05, 3.63) is 108 Å². The molecule has 6 rings (SSSR count). The number of nitro groups is 1. The van der Waals surface area contributed by atoms with Gasteiger partial charge in [-0.2, -0.15) is 0 Å². The summed E-state index contributed by atoms with van der Waals surface area (Å²) < 4.78 is 24.3. The van der Waals surface area contributed by atoms with Crippen LogP contribution in [0.5, 0.6) is 0 Å². The van der Waals surface area contributed by atoms with Gasteiger partial charge >= 0.3 is 4.87 Å². The number of amides is 3. The lowest BCUT2D eigenvalue weighted by atomic mass is 9.83. The van der Waals surface area contributed by atoms with Gasteiger partial charge in [-0.15, -0.1) is 0 Å². The number of nitrogens with one attached hydrogen (secondary N) is 1. The molecule has 1 aromatic heterocycles. The number of carbonyl (C=O) groups is 3. The van der Waals surface area contributed by atoms with Crippen molar-refractivity contribution in [3.8, 4) is 0 Å². The van der Waals surface area contributed by atoms with Crippen LogP contribution in [0.25, 0.3) is 0 Å². The maximum atomic E-state index is 13.9. The Kier molecular flexibility index (Phi) is 7.86. The Morgan fingerprint density at radius 3 is 2.22 bits per heavy atom. The van der Waals surface area contributed by atoms with Crippen LogP contribution in [-0.4, -0.2) is 40.9 Å². The first kappa shape index (κ1) is 30.7. The van der Waals surface area contributed by atoms with Crippen LogP contribution in [0, 0.1) is 16.0 Å². The van der Waals surface area contributed by atoms with E-state index in [2.05, 4.69) is 5.32 Å². The average molecular weight is 686 g/mol. The Morgan fingerprint density at radius 2 is 1.62 bits per heavy atom. The van der Waals surface area contributed by atoms with E-state index in [0.717, 1.165) is 28.0 Å². The molecule has 45 heavy (non-hydrogen) atoms. The number of halogens is 1. The van der Waals surface area contributed by atoms with Crippen LogP contribution in [0.4, 0.5) is 17.1 Å². The number of primary sulfonamides is 1. The van der Waals surface area contributed by atoms with Crippen molar-refractivity contribution in [2.24, 2.45) is 11.1 Å². The van der Waals surface area contributed by atoms with Crippen LogP contribution < -0.4 is 20.2 Å². The molecular formula is C28H20ClN5O8S3. The van der Waals surface area contributed by atoms with Gasteiger partial charge in [-0.3, -0.25) is 33.9 Å². The zero-order valence-electron chi connectivity index (χ0n) is 22.7. The van der Waals surface area contributed by atoms with Crippen molar-refractivity contribution < 1.29 is 27.7 Å². The van der Waals surface area contributed by atoms with E-state index in [1.165, 1.54) is 53.1 Å². The minimum Gasteiger partial charge on any atom is -0.325 e. The molecule has 0 bridgehead atoms. The molecule has 3 aromatic carbocycles. The van der Waals surface area contributed by atoms with Crippen molar-refractivity contribution in [3.63, 3.8) is 0 Å². The second kappa shape index (κ2) is 11.5. The van der Waals surface area contributed by atoms with E-state index in [1.807, 2.05) is 0 Å². The number of anilines is 2. The number of thioether (sulfide) groups is 1. The molecule has 3 heterocycles. The van der Waals surface area contributed by atoms with E-state index in [0.29, 0.717) is 20.5 Å². The van der Waals surface area contributed by atoms with Crippen LogP contribution in [-0.2, 0) is 31.0 Å². The molecular weight excluding hydrogens is 666 g/mol. The summed E-state index contributed by atoms with van der Waals surface area (Å²) >= 11 is 8.00. The van der Waals surface area contributed by atoms with Gasteiger partial charge in [0, 0.05) is 33.6 Å². The highest BCUT2D eigenvalue weighted by Gasteiger charge is 2.56. The van der Waals surface area contributed by atoms with E-state index < -0.39 is 61.2 Å². The Hall–Kier alpha value is -4.35. The van der Waals surface area contributed by atoms with Crippen LogP contribution in [0.3, 0.4) is 0 Å². The number of fused-ring (bicyclic) bond motifs is 2. The number of carbonyl (C=O) groups excluding carboxylic acids is 3. The lowest BCUT2D eigenvalue weighted by molar-refractivity contribution is -0.384. The summed E-state index contributed by atoms with van der Waals surface area (Å²) in [5, 5.41) is 18.7. The summed E-state index contributed by atoms with van der Waals surface area (Å²) in [6, 6.07) is 16.9. The molecule has 17 heteroatoms. The summed E-state index contributed by atoms with van der Waals surface area (Å²) in [6.45, 7) is -0.423. The third-order valence-electron chi connectivity index (χ3n) is 7.37. The zero-order valence-corrected chi connectivity index (χ0v) is 25.9. The monoisotopic (exact) mass is 685 g/mol. The Balaban J connectivity index is 1.36. The number of nitrogens with zero attached hydrogens (tertiary/aromatic N) is 3. The zero-order chi connectivity index (χ0) is 32.2. The third kappa shape index (κ3) is 5.66. The smallest absolute Gasteiger partial charge is 0.308 e. The summed E-state index contributed by atoms with van der Waals surface area (Å²) in [4.78, 5) is 65.5. The normalized spacial score (nSPS) is 19.2. The third-order valence-corrected chi connectivity index (χ3v) is 11.2. The molecule has 0 spiro atoms. The van der Waals surface area contributed by atoms with E-state index >= 15 is 0 Å². The number of hydrogen-bond acceptors (Lipinski definition) is 10. The minimum absolute atomic E-state index is 0.138. The number of non-ortho nitro benzene ring substituents is 1. The molecule has 3 N–H and O–H groups in total. The molecule has 0 saturated carbocycles. The second-order valence-electron chi connectivity index (χ2n) is 10.1. The molecule has 2 aliphatic rings. The van der Waals surface area contributed by atoms with Crippen LogP contribution in [0.15, 0.2) is 87.5 Å². The summed E-state index contributed by atoms with van der Waals surface area (Å²) in [6.07, 6.45) is 0. The molecule has 0 radical (unpaired) electrons. The quantitative estimate of drug-likeness (QED) is 0.166. The molecule has 230 valence electrons. The SMILES string of the molecule is NS(=O)(=O)c1ccc(NC(=O)Cn2c3c(sc2=O)[C@@H](c2ccc(Cl)cc2)[C@H]2C(=O)N(c4ccc([N+](=O)[O-])cc4)C(=O)[C@H]2S3)cc1. The van der Waals surface area contributed by atoms with E-state index in [-0.39, 0.29) is 22.0 Å². The minimum atomic E-state index is -3.93. The van der Waals surface area contributed by atoms with Crippen LogP contribution in [0.1, 0.15) is 16.4 Å². The predicted molar refractivity (Wildman–Crippen MR) is 167 cm³/mol. The first-order valence-electron chi connectivity index (χ1n) is 13.0. The number of nitro benzene ring substituents is 1. The van der Waals surface area contributed by atoms with Gasteiger partial charge < -0.3 is 5.32 Å². The van der Waals surface area contributed by atoms with Crippen molar-refractivity contribution in [2.45, 2.75) is 27.6 Å². The summed E-state index contributed by atoms with van der Waals surface area (Å²) in [7, 11) is -3.93. The standard InChI is InChI=1S/C28H20ClN5O8S3/c29-15-3-1-14(2-4-15)21-22-23(26(37)33(25(22)36)17-7-9-18(10-8-17)34(39)40)43-27-24(21)44-28(38)32(27)13-20(35)31-16-5-11-19(12-6-16)45(30,41)42/h1-12,21-23H,13H2,(H,31,35)(H2,30,41,42)/t21-,22+,23-/m0/s1. The Bertz CT molecular complexity index is 2050. The number of aromatic nitrogens is 1. The lowest BCUT2D eigenvalue weighted by Gasteiger charge is -2.30. The Labute approximate surface area is 267 Å². The predicted octanol–water partition coefficient (Wildman–Crippen LogP) is 3.55. The largest absolute Gasteiger partial charge is 0.325 e. The van der Waals surface area contributed by atoms with E-state index in [1.54, 1.807) is 24.3 Å². The van der Waals surface area contributed by atoms with Crippen LogP contribution >= 0.6 is 34.7 Å². The molecule has 1 saturated heterocycles. The number of nitrogens with two attached hydrogens (primary N) is 1. The fourth-order valence-electron chi connectivity index (χ4n) is 5.33. The summed E-state index contributed by atoms with van der Waals surface area (Å²) in [5.41, 5.74) is 0.879. The van der Waals surface area contributed by atoms with Crippen LogP contribution in [0.2, 0.25) is 5.02 Å². The molecule has 2 aliphatic heterocycles. The number of sulfonamides is 1. The highest BCUT2D eigenvalue weighted by atomic mass is 35.5. The molecule has 1 fully saturated rings. The van der Waals surface area contributed by atoms with Gasteiger partial charge in [-0.1, -0.05) is 46.8 Å². The average Bonchev–Trinajstić information content (AvgIpc) is 3.43. The maximum Gasteiger partial charge on any atom is 0.308 e. The number of imide groups is 1. The summed E-state index contributed by atoms with van der Waals surface area (Å²) in [5.74, 6) is -3.31.